The largest absolute Gasteiger partial charge is 0.493 e. The van der Waals surface area contributed by atoms with E-state index in [1.165, 1.54) is 31.3 Å². The van der Waals surface area contributed by atoms with Gasteiger partial charge in [0.25, 0.3) is 0 Å². The van der Waals surface area contributed by atoms with Crippen molar-refractivity contribution in [2.24, 2.45) is 0 Å². The molecule has 9 nitrogen and oxygen atoms in total. The van der Waals surface area contributed by atoms with Gasteiger partial charge in [0, 0.05) is 23.6 Å². The van der Waals surface area contributed by atoms with Crippen LogP contribution >= 0.6 is 15.9 Å². The van der Waals surface area contributed by atoms with Crippen molar-refractivity contribution >= 4 is 43.5 Å². The summed E-state index contributed by atoms with van der Waals surface area (Å²) in [5.74, 6) is -0.108. The van der Waals surface area contributed by atoms with Gasteiger partial charge in [0.1, 0.15) is 12.6 Å². The Kier molecular flexibility index (Phi) is 9.75. The maximum Gasteiger partial charge on any atom is 0.244 e. The summed E-state index contributed by atoms with van der Waals surface area (Å²) in [7, 11) is -0.937. The van der Waals surface area contributed by atoms with Gasteiger partial charge in [-0.3, -0.25) is 13.9 Å². The van der Waals surface area contributed by atoms with Crippen LogP contribution in [0.1, 0.15) is 19.4 Å². The third-order valence-electron chi connectivity index (χ3n) is 5.12. The van der Waals surface area contributed by atoms with Crippen LogP contribution in [0.5, 0.6) is 11.5 Å². The van der Waals surface area contributed by atoms with Crippen molar-refractivity contribution in [2.75, 3.05) is 37.9 Å². The molecule has 0 radical (unpaired) electrons. The molecule has 186 valence electrons. The Bertz CT molecular complexity index is 1110. The van der Waals surface area contributed by atoms with Gasteiger partial charge >= 0.3 is 0 Å². The zero-order valence-electron chi connectivity index (χ0n) is 19.9. The highest BCUT2D eigenvalue weighted by Crippen LogP contribution is 2.32. The molecule has 2 rings (SSSR count). The van der Waals surface area contributed by atoms with E-state index in [2.05, 4.69) is 21.2 Å². The van der Waals surface area contributed by atoms with Crippen LogP contribution < -0.4 is 19.1 Å². The number of benzene rings is 2. The SMILES string of the molecule is CCNC(=O)C(C)N(Cc1ccc(Br)cc1)C(=O)CN(c1ccc(OC)c(OC)c1)S(C)(=O)=O. The second kappa shape index (κ2) is 12.1. The van der Waals surface area contributed by atoms with Crippen molar-refractivity contribution in [1.29, 1.82) is 0 Å². The fraction of sp³-hybridized carbons (Fsp3) is 0.391. The quantitative estimate of drug-likeness (QED) is 0.457. The van der Waals surface area contributed by atoms with Crippen molar-refractivity contribution in [3.63, 3.8) is 0 Å². The number of ether oxygens (including phenoxy) is 2. The van der Waals surface area contributed by atoms with Crippen LogP contribution in [0.15, 0.2) is 46.9 Å². The highest BCUT2D eigenvalue weighted by Gasteiger charge is 2.30. The molecule has 2 aromatic carbocycles. The third-order valence-corrected chi connectivity index (χ3v) is 6.79. The van der Waals surface area contributed by atoms with Crippen LogP contribution in [-0.4, -0.2) is 64.7 Å². The number of hydrogen-bond donors (Lipinski definition) is 1. The minimum Gasteiger partial charge on any atom is -0.493 e. The van der Waals surface area contributed by atoms with Crippen molar-refractivity contribution in [3.8, 4) is 11.5 Å². The summed E-state index contributed by atoms with van der Waals surface area (Å²) < 4.78 is 37.6. The maximum absolute atomic E-state index is 13.4. The Morgan fingerprint density at radius 2 is 1.68 bits per heavy atom. The zero-order chi connectivity index (χ0) is 25.5. The van der Waals surface area contributed by atoms with Crippen LogP contribution in [0.25, 0.3) is 0 Å². The van der Waals surface area contributed by atoms with E-state index in [1.807, 2.05) is 24.3 Å². The van der Waals surface area contributed by atoms with Gasteiger partial charge < -0.3 is 19.7 Å². The summed E-state index contributed by atoms with van der Waals surface area (Å²) >= 11 is 3.38. The molecule has 1 unspecified atom stereocenters. The van der Waals surface area contributed by atoms with Gasteiger partial charge in [-0.1, -0.05) is 28.1 Å². The molecule has 0 saturated carbocycles. The van der Waals surface area contributed by atoms with Crippen molar-refractivity contribution in [2.45, 2.75) is 26.4 Å². The minimum absolute atomic E-state index is 0.133. The monoisotopic (exact) mass is 555 g/mol. The van der Waals surface area contributed by atoms with E-state index in [1.54, 1.807) is 19.9 Å². The number of methoxy groups -OCH3 is 2. The van der Waals surface area contributed by atoms with Gasteiger partial charge in [-0.15, -0.1) is 0 Å². The first kappa shape index (κ1) is 27.5. The lowest BCUT2D eigenvalue weighted by Crippen LogP contribution is -2.51. The van der Waals surface area contributed by atoms with Crippen LogP contribution in [0, 0.1) is 0 Å². The molecule has 0 aromatic heterocycles. The molecule has 0 saturated heterocycles. The molecule has 0 aliphatic carbocycles. The van der Waals surface area contributed by atoms with Gasteiger partial charge in [0.2, 0.25) is 21.8 Å². The number of sulfonamides is 1. The average Bonchev–Trinajstić information content (AvgIpc) is 2.80. The Morgan fingerprint density at radius 1 is 1.06 bits per heavy atom. The summed E-state index contributed by atoms with van der Waals surface area (Å²) in [6, 6.07) is 11.1. The van der Waals surface area contributed by atoms with Crippen molar-refractivity contribution in [1.82, 2.24) is 10.2 Å². The number of hydrogen-bond acceptors (Lipinski definition) is 6. The third kappa shape index (κ3) is 7.10. The van der Waals surface area contributed by atoms with E-state index in [9.17, 15) is 18.0 Å². The Hall–Kier alpha value is -2.79. The van der Waals surface area contributed by atoms with Gasteiger partial charge in [-0.05, 0) is 43.7 Å². The number of likely N-dealkylation sites (N-methyl/N-ethyl adjacent to an activating group) is 1. The van der Waals surface area contributed by atoms with E-state index in [4.69, 9.17) is 9.47 Å². The lowest BCUT2D eigenvalue weighted by molar-refractivity contribution is -0.139. The van der Waals surface area contributed by atoms with Crippen LogP contribution in [0.2, 0.25) is 0 Å². The fourth-order valence-electron chi connectivity index (χ4n) is 3.28. The lowest BCUT2D eigenvalue weighted by Gasteiger charge is -2.31. The normalized spacial score (nSPS) is 11.9. The number of amides is 2. The Balaban J connectivity index is 2.42. The van der Waals surface area contributed by atoms with E-state index >= 15 is 0 Å². The van der Waals surface area contributed by atoms with Crippen LogP contribution in [-0.2, 0) is 26.2 Å². The molecule has 1 atom stereocenters. The fourth-order valence-corrected chi connectivity index (χ4v) is 4.39. The van der Waals surface area contributed by atoms with Gasteiger partial charge in [-0.25, -0.2) is 8.42 Å². The lowest BCUT2D eigenvalue weighted by atomic mass is 10.1. The van der Waals surface area contributed by atoms with E-state index in [0.29, 0.717) is 18.0 Å². The summed E-state index contributed by atoms with van der Waals surface area (Å²) in [6.45, 7) is 3.45. The summed E-state index contributed by atoms with van der Waals surface area (Å²) in [5, 5.41) is 2.72. The molecule has 2 amide bonds. The molecular formula is C23H30BrN3O6S. The van der Waals surface area contributed by atoms with Crippen LogP contribution in [0.4, 0.5) is 5.69 Å². The number of halogens is 1. The molecule has 0 bridgehead atoms. The molecule has 11 heteroatoms. The standard InChI is InChI=1S/C23H30BrN3O6S/c1-6-25-23(29)16(2)26(14-17-7-9-18(24)10-8-17)22(28)15-27(34(5,30)31)19-11-12-20(32-3)21(13-19)33-4/h7-13,16H,6,14-15H2,1-5H3,(H,25,29). The molecular weight excluding hydrogens is 526 g/mol. The Labute approximate surface area is 209 Å². The summed E-state index contributed by atoms with van der Waals surface area (Å²) in [4.78, 5) is 27.4. The molecule has 0 aliphatic rings. The van der Waals surface area contributed by atoms with Crippen LogP contribution in [0.3, 0.4) is 0 Å². The number of nitrogens with zero attached hydrogens (tertiary/aromatic N) is 2. The second-order valence-electron chi connectivity index (χ2n) is 7.53. The number of nitrogens with one attached hydrogen (secondary N) is 1. The first-order valence-corrected chi connectivity index (χ1v) is 13.2. The Morgan fingerprint density at radius 3 is 2.21 bits per heavy atom. The molecule has 34 heavy (non-hydrogen) atoms. The summed E-state index contributed by atoms with van der Waals surface area (Å²) in [6.07, 6.45) is 1.02. The number of rotatable bonds is 11. The van der Waals surface area contributed by atoms with Crippen molar-refractivity contribution in [3.05, 3.63) is 52.5 Å². The molecule has 1 N–H and O–H groups in total. The highest BCUT2D eigenvalue weighted by molar-refractivity contribution is 9.10. The summed E-state index contributed by atoms with van der Waals surface area (Å²) in [5.41, 5.74) is 1.03. The molecule has 2 aromatic rings. The first-order valence-electron chi connectivity index (χ1n) is 10.5. The van der Waals surface area contributed by atoms with E-state index < -0.39 is 28.5 Å². The molecule has 0 aliphatic heterocycles. The second-order valence-corrected chi connectivity index (χ2v) is 10.4. The molecule has 0 heterocycles. The van der Waals surface area contributed by atoms with Crippen molar-refractivity contribution < 1.29 is 27.5 Å². The smallest absolute Gasteiger partial charge is 0.244 e. The molecule has 0 spiro atoms. The van der Waals surface area contributed by atoms with Gasteiger partial charge in [-0.2, -0.15) is 0 Å². The van der Waals surface area contributed by atoms with E-state index in [0.717, 1.165) is 20.6 Å². The minimum atomic E-state index is -3.84. The number of carbonyl (C=O) groups is 2. The first-order chi connectivity index (χ1) is 16.0. The van der Waals surface area contributed by atoms with E-state index in [-0.39, 0.29) is 18.1 Å². The predicted molar refractivity (Wildman–Crippen MR) is 135 cm³/mol. The van der Waals surface area contributed by atoms with Gasteiger partial charge in [0.15, 0.2) is 11.5 Å². The highest BCUT2D eigenvalue weighted by atomic mass is 79.9. The number of anilines is 1. The van der Waals surface area contributed by atoms with Gasteiger partial charge in [0.05, 0.1) is 26.2 Å². The average molecular weight is 556 g/mol. The zero-order valence-corrected chi connectivity index (χ0v) is 22.3. The topological polar surface area (TPSA) is 105 Å². The predicted octanol–water partition coefficient (Wildman–Crippen LogP) is 2.79. The maximum atomic E-state index is 13.4. The number of carbonyl (C=O) groups excluding carboxylic acids is 2. The molecule has 0 fully saturated rings.